The molecule has 2 heterocycles. The van der Waals surface area contributed by atoms with E-state index < -0.39 is 0 Å². The third-order valence-electron chi connectivity index (χ3n) is 3.68. The van der Waals surface area contributed by atoms with Crippen LogP contribution in [0, 0.1) is 5.92 Å². The number of aryl methyl sites for hydroxylation is 1. The maximum Gasteiger partial charge on any atom is 0.224 e. The van der Waals surface area contributed by atoms with Crippen molar-refractivity contribution in [1.82, 2.24) is 14.7 Å². The molecule has 1 aromatic heterocycles. The van der Waals surface area contributed by atoms with Crippen molar-refractivity contribution >= 4 is 30.7 Å². The van der Waals surface area contributed by atoms with Gasteiger partial charge in [0.1, 0.15) is 0 Å². The van der Waals surface area contributed by atoms with Crippen LogP contribution in [0.4, 0.5) is 0 Å². The largest absolute Gasteiger partial charge is 0.338 e. The molecule has 0 saturated carbocycles. The van der Waals surface area contributed by atoms with Crippen LogP contribution in [0.15, 0.2) is 18.5 Å². The van der Waals surface area contributed by atoms with Crippen molar-refractivity contribution in [3.63, 3.8) is 0 Å². The van der Waals surface area contributed by atoms with E-state index in [0.717, 1.165) is 19.4 Å². The molecule has 1 amide bonds. The fourth-order valence-electron chi connectivity index (χ4n) is 2.59. The molecule has 0 aliphatic carbocycles. The van der Waals surface area contributed by atoms with E-state index in [1.165, 1.54) is 0 Å². The summed E-state index contributed by atoms with van der Waals surface area (Å²) >= 11 is 0. The van der Waals surface area contributed by atoms with Gasteiger partial charge in [-0.25, -0.2) is 0 Å². The van der Waals surface area contributed by atoms with Crippen molar-refractivity contribution in [1.29, 1.82) is 0 Å². The van der Waals surface area contributed by atoms with E-state index >= 15 is 0 Å². The Kier molecular flexibility index (Phi) is 8.85. The molecule has 0 bridgehead atoms. The van der Waals surface area contributed by atoms with E-state index in [2.05, 4.69) is 12.0 Å². The van der Waals surface area contributed by atoms with Gasteiger partial charge in [-0.15, -0.1) is 24.8 Å². The summed E-state index contributed by atoms with van der Waals surface area (Å²) < 4.78 is 1.79. The van der Waals surface area contributed by atoms with Crippen LogP contribution in [-0.4, -0.2) is 39.7 Å². The zero-order chi connectivity index (χ0) is 13.0. The number of carbonyl (C=O) groups excluding carboxylic acids is 1. The van der Waals surface area contributed by atoms with E-state index in [1.54, 1.807) is 10.9 Å². The Hall–Kier alpha value is -0.780. The third-order valence-corrected chi connectivity index (χ3v) is 3.68. The fraction of sp³-hybridized carbons (Fsp3) is 0.692. The Bertz CT molecular complexity index is 386. The van der Waals surface area contributed by atoms with Crippen molar-refractivity contribution in [3.8, 4) is 0 Å². The number of nitrogens with two attached hydrogens (primary N) is 1. The standard InChI is InChI=1S/C13H22N4O.2ClH/c1-11-3-8-17(12(9-11)10-14)13(18)4-7-16-6-2-5-15-16;;/h2,5-6,11-12H,3-4,7-10,14H2,1H3;2*1H. The molecular formula is C13H24Cl2N4O. The second-order valence-electron chi connectivity index (χ2n) is 5.13. The molecule has 0 spiro atoms. The molecule has 20 heavy (non-hydrogen) atoms. The van der Waals surface area contributed by atoms with Gasteiger partial charge in [0.2, 0.25) is 5.91 Å². The van der Waals surface area contributed by atoms with Crippen LogP contribution >= 0.6 is 24.8 Å². The number of hydrogen-bond donors (Lipinski definition) is 1. The van der Waals surface area contributed by atoms with Gasteiger partial charge < -0.3 is 10.6 Å². The first-order chi connectivity index (χ1) is 8.70. The SMILES string of the molecule is CC1CCN(C(=O)CCn2cccn2)C(CN)C1.Cl.Cl. The van der Waals surface area contributed by atoms with Gasteiger partial charge in [-0.05, 0) is 24.8 Å². The number of hydrogen-bond acceptors (Lipinski definition) is 3. The van der Waals surface area contributed by atoms with E-state index in [4.69, 9.17) is 5.73 Å². The molecule has 2 rings (SSSR count). The van der Waals surface area contributed by atoms with Crippen molar-refractivity contribution in [3.05, 3.63) is 18.5 Å². The lowest BCUT2D eigenvalue weighted by molar-refractivity contribution is -0.135. The summed E-state index contributed by atoms with van der Waals surface area (Å²) in [6, 6.07) is 2.09. The molecule has 2 unspecified atom stereocenters. The average molecular weight is 323 g/mol. The van der Waals surface area contributed by atoms with Gasteiger partial charge in [-0.1, -0.05) is 6.92 Å². The van der Waals surface area contributed by atoms with Crippen LogP contribution in [0.3, 0.4) is 0 Å². The minimum atomic E-state index is 0. The number of piperidine rings is 1. The number of nitrogens with zero attached hydrogens (tertiary/aromatic N) is 3. The molecule has 5 nitrogen and oxygen atoms in total. The molecule has 1 aliphatic heterocycles. The maximum atomic E-state index is 12.2. The number of aromatic nitrogens is 2. The average Bonchev–Trinajstić information content (AvgIpc) is 2.88. The van der Waals surface area contributed by atoms with Crippen LogP contribution in [-0.2, 0) is 11.3 Å². The van der Waals surface area contributed by atoms with Crippen molar-refractivity contribution in [2.45, 2.75) is 38.8 Å². The van der Waals surface area contributed by atoms with Crippen LogP contribution in [0.2, 0.25) is 0 Å². The summed E-state index contributed by atoms with van der Waals surface area (Å²) in [5.41, 5.74) is 5.77. The van der Waals surface area contributed by atoms with Crippen molar-refractivity contribution in [2.24, 2.45) is 11.7 Å². The van der Waals surface area contributed by atoms with Crippen LogP contribution < -0.4 is 5.73 Å². The minimum Gasteiger partial charge on any atom is -0.338 e. The Balaban J connectivity index is 0.00000180. The Morgan fingerprint density at radius 3 is 2.80 bits per heavy atom. The monoisotopic (exact) mass is 322 g/mol. The molecule has 116 valence electrons. The van der Waals surface area contributed by atoms with E-state index in [9.17, 15) is 4.79 Å². The number of carbonyl (C=O) groups is 1. The van der Waals surface area contributed by atoms with Gasteiger partial charge in [-0.3, -0.25) is 9.48 Å². The number of rotatable bonds is 4. The highest BCUT2D eigenvalue weighted by Crippen LogP contribution is 2.22. The zero-order valence-electron chi connectivity index (χ0n) is 11.8. The van der Waals surface area contributed by atoms with Gasteiger partial charge in [0.05, 0.1) is 0 Å². The summed E-state index contributed by atoms with van der Waals surface area (Å²) in [7, 11) is 0. The molecular weight excluding hydrogens is 299 g/mol. The topological polar surface area (TPSA) is 64.2 Å². The molecule has 1 aromatic rings. The first-order valence-electron chi connectivity index (χ1n) is 6.67. The first-order valence-corrected chi connectivity index (χ1v) is 6.67. The van der Waals surface area contributed by atoms with Crippen LogP contribution in [0.5, 0.6) is 0 Å². The molecule has 1 aliphatic rings. The van der Waals surface area contributed by atoms with E-state index in [0.29, 0.717) is 25.4 Å². The number of amides is 1. The first kappa shape index (κ1) is 19.2. The second-order valence-corrected chi connectivity index (χ2v) is 5.13. The summed E-state index contributed by atoms with van der Waals surface area (Å²) in [5.74, 6) is 0.876. The van der Waals surface area contributed by atoms with Crippen molar-refractivity contribution in [2.75, 3.05) is 13.1 Å². The summed E-state index contributed by atoms with van der Waals surface area (Å²) in [6.07, 6.45) is 6.24. The van der Waals surface area contributed by atoms with E-state index in [-0.39, 0.29) is 36.8 Å². The fourth-order valence-corrected chi connectivity index (χ4v) is 2.59. The highest BCUT2D eigenvalue weighted by molar-refractivity contribution is 5.85. The highest BCUT2D eigenvalue weighted by atomic mass is 35.5. The van der Waals surface area contributed by atoms with Gasteiger partial charge >= 0.3 is 0 Å². The smallest absolute Gasteiger partial charge is 0.224 e. The predicted molar refractivity (Wildman–Crippen MR) is 84.3 cm³/mol. The molecule has 1 saturated heterocycles. The van der Waals surface area contributed by atoms with Gasteiger partial charge in [0.25, 0.3) is 0 Å². The molecule has 2 atom stereocenters. The van der Waals surface area contributed by atoms with Crippen LogP contribution in [0.25, 0.3) is 0 Å². The van der Waals surface area contributed by atoms with Gasteiger partial charge in [0, 0.05) is 44.5 Å². The number of likely N-dealkylation sites (tertiary alicyclic amines) is 1. The van der Waals surface area contributed by atoms with Crippen molar-refractivity contribution < 1.29 is 4.79 Å². The summed E-state index contributed by atoms with van der Waals surface area (Å²) in [4.78, 5) is 14.2. The van der Waals surface area contributed by atoms with Gasteiger partial charge in [-0.2, -0.15) is 5.10 Å². The molecule has 1 fully saturated rings. The summed E-state index contributed by atoms with van der Waals surface area (Å²) in [6.45, 7) is 4.29. The third kappa shape index (κ3) is 4.96. The lowest BCUT2D eigenvalue weighted by Gasteiger charge is -2.38. The molecule has 2 N–H and O–H groups in total. The molecule has 0 aromatic carbocycles. The molecule has 0 radical (unpaired) electrons. The highest BCUT2D eigenvalue weighted by Gasteiger charge is 2.28. The molecule has 7 heteroatoms. The Morgan fingerprint density at radius 1 is 1.45 bits per heavy atom. The van der Waals surface area contributed by atoms with Gasteiger partial charge in [0.15, 0.2) is 0 Å². The van der Waals surface area contributed by atoms with E-state index in [1.807, 2.05) is 17.2 Å². The quantitative estimate of drug-likeness (QED) is 0.917. The Morgan fingerprint density at radius 2 is 2.20 bits per heavy atom. The lowest BCUT2D eigenvalue weighted by Crippen LogP contribution is -2.49. The predicted octanol–water partition coefficient (Wildman–Crippen LogP) is 1.70. The minimum absolute atomic E-state index is 0. The number of halogens is 2. The maximum absolute atomic E-state index is 12.2. The van der Waals surface area contributed by atoms with Crippen LogP contribution in [0.1, 0.15) is 26.2 Å². The normalized spacial score (nSPS) is 21.8. The lowest BCUT2D eigenvalue weighted by atomic mass is 9.92. The Labute approximate surface area is 132 Å². The second kappa shape index (κ2) is 9.21. The zero-order valence-corrected chi connectivity index (χ0v) is 13.4. The summed E-state index contributed by atoms with van der Waals surface area (Å²) in [5, 5.41) is 4.11.